The minimum atomic E-state index is 0.174. The van der Waals surface area contributed by atoms with Crippen LogP contribution in [-0.2, 0) is 0 Å². The molecule has 0 radical (unpaired) electrons. The first-order valence-corrected chi connectivity index (χ1v) is 6.56. The molecule has 2 unspecified atom stereocenters. The van der Waals surface area contributed by atoms with Crippen molar-refractivity contribution >= 4 is 0 Å². The van der Waals surface area contributed by atoms with E-state index in [0.29, 0.717) is 23.3 Å². The van der Waals surface area contributed by atoms with Gasteiger partial charge in [-0.05, 0) is 19.4 Å². The summed E-state index contributed by atoms with van der Waals surface area (Å²) < 4.78 is 5.40. The van der Waals surface area contributed by atoms with Crippen molar-refractivity contribution in [2.24, 2.45) is 5.92 Å². The Bertz CT molecular complexity index is 492. The maximum atomic E-state index is 5.40. The lowest BCUT2D eigenvalue weighted by molar-refractivity contribution is 0.281. The number of aromatic amines is 1. The van der Waals surface area contributed by atoms with Gasteiger partial charge in [-0.15, -0.1) is 0 Å². The summed E-state index contributed by atoms with van der Waals surface area (Å²) >= 11 is 0. The second kappa shape index (κ2) is 5.92. The molecule has 2 N–H and O–H groups in total. The van der Waals surface area contributed by atoms with Crippen LogP contribution in [0.3, 0.4) is 0 Å². The zero-order valence-corrected chi connectivity index (χ0v) is 11.7. The first kappa shape index (κ1) is 13.7. The summed E-state index contributed by atoms with van der Waals surface area (Å²) in [5.74, 6) is 1.69. The van der Waals surface area contributed by atoms with Gasteiger partial charge in [-0.1, -0.05) is 25.9 Å². The number of rotatable bonds is 6. The van der Waals surface area contributed by atoms with Gasteiger partial charge in [0, 0.05) is 6.04 Å². The van der Waals surface area contributed by atoms with Crippen molar-refractivity contribution in [3.8, 4) is 11.5 Å². The third-order valence-electron chi connectivity index (χ3n) is 3.15. The lowest BCUT2D eigenvalue weighted by Crippen LogP contribution is -2.34. The molecule has 0 amide bonds. The van der Waals surface area contributed by atoms with E-state index in [0.717, 1.165) is 6.54 Å². The molecule has 7 nitrogen and oxygen atoms in total. The molecule has 0 aromatic carbocycles. The van der Waals surface area contributed by atoms with Crippen LogP contribution >= 0.6 is 0 Å². The molecule has 7 heteroatoms. The molecule has 0 fully saturated rings. The van der Waals surface area contributed by atoms with E-state index in [-0.39, 0.29) is 12.0 Å². The monoisotopic (exact) mass is 264 g/mol. The molecular formula is C12H20N6O. The normalized spacial score (nSPS) is 14.8. The fourth-order valence-electron chi connectivity index (χ4n) is 2.31. The zero-order chi connectivity index (χ0) is 13.8. The van der Waals surface area contributed by atoms with Crippen molar-refractivity contribution in [1.29, 1.82) is 0 Å². The number of nitrogens with one attached hydrogen (secondary N) is 2. The fraction of sp³-hybridized carbons (Fsp3) is 0.667. The highest BCUT2D eigenvalue weighted by molar-refractivity contribution is 5.44. The van der Waals surface area contributed by atoms with E-state index >= 15 is 0 Å². The molecule has 0 saturated heterocycles. The van der Waals surface area contributed by atoms with E-state index in [1.165, 1.54) is 0 Å². The van der Waals surface area contributed by atoms with E-state index in [4.69, 9.17) is 4.52 Å². The van der Waals surface area contributed by atoms with Gasteiger partial charge < -0.3 is 9.84 Å². The molecule has 2 aromatic heterocycles. The molecule has 2 rings (SSSR count). The number of hydrogen-bond donors (Lipinski definition) is 2. The van der Waals surface area contributed by atoms with Crippen molar-refractivity contribution in [1.82, 2.24) is 30.9 Å². The van der Waals surface area contributed by atoms with Crippen LogP contribution < -0.4 is 5.32 Å². The van der Waals surface area contributed by atoms with Crippen molar-refractivity contribution in [2.75, 3.05) is 6.54 Å². The summed E-state index contributed by atoms with van der Waals surface area (Å²) in [5.41, 5.74) is 0.591. The number of likely N-dealkylation sites (N-methyl/N-ethyl adjacent to an activating group) is 1. The molecule has 2 heterocycles. The Hall–Kier alpha value is -1.76. The largest absolute Gasteiger partial charge is 0.339 e. The number of hydrogen-bond acceptors (Lipinski definition) is 6. The SMILES string of the molecule is CCNC(C)C(c1nc(-c2cn[nH]n2)no1)C(C)C. The van der Waals surface area contributed by atoms with Crippen molar-refractivity contribution in [3.63, 3.8) is 0 Å². The molecule has 19 heavy (non-hydrogen) atoms. The smallest absolute Gasteiger partial charge is 0.231 e. The Balaban J connectivity index is 2.23. The van der Waals surface area contributed by atoms with Crippen LogP contribution in [0.15, 0.2) is 10.7 Å². The van der Waals surface area contributed by atoms with Gasteiger partial charge in [-0.25, -0.2) is 0 Å². The van der Waals surface area contributed by atoms with E-state index in [2.05, 4.69) is 58.6 Å². The summed E-state index contributed by atoms with van der Waals surface area (Å²) in [7, 11) is 0. The molecule has 0 saturated carbocycles. The summed E-state index contributed by atoms with van der Waals surface area (Å²) in [6.45, 7) is 9.43. The summed E-state index contributed by atoms with van der Waals surface area (Å²) in [6, 6.07) is 0.274. The third kappa shape index (κ3) is 2.98. The molecule has 0 aliphatic rings. The summed E-state index contributed by atoms with van der Waals surface area (Å²) in [6.07, 6.45) is 1.58. The maximum absolute atomic E-state index is 5.40. The van der Waals surface area contributed by atoms with Crippen LogP contribution in [0.25, 0.3) is 11.5 Å². The molecule has 0 aliphatic heterocycles. The van der Waals surface area contributed by atoms with E-state index in [1.807, 2.05) is 0 Å². The Labute approximate surface area is 112 Å². The molecule has 104 valence electrons. The molecule has 0 aliphatic carbocycles. The Morgan fingerprint density at radius 3 is 2.74 bits per heavy atom. The van der Waals surface area contributed by atoms with Crippen LogP contribution in [0, 0.1) is 5.92 Å². The molecular weight excluding hydrogens is 244 g/mol. The average molecular weight is 264 g/mol. The van der Waals surface area contributed by atoms with E-state index in [9.17, 15) is 0 Å². The third-order valence-corrected chi connectivity index (χ3v) is 3.15. The highest BCUT2D eigenvalue weighted by Crippen LogP contribution is 2.27. The zero-order valence-electron chi connectivity index (χ0n) is 11.7. The second-order valence-electron chi connectivity index (χ2n) is 4.93. The highest BCUT2D eigenvalue weighted by atomic mass is 16.5. The summed E-state index contributed by atoms with van der Waals surface area (Å²) in [5, 5.41) is 17.6. The molecule has 0 spiro atoms. The van der Waals surface area contributed by atoms with Crippen molar-refractivity contribution in [3.05, 3.63) is 12.1 Å². The predicted molar refractivity (Wildman–Crippen MR) is 70.4 cm³/mol. The second-order valence-corrected chi connectivity index (χ2v) is 4.93. The predicted octanol–water partition coefficient (Wildman–Crippen LogP) is 1.59. The van der Waals surface area contributed by atoms with Gasteiger partial charge in [0.1, 0.15) is 0 Å². The Morgan fingerprint density at radius 1 is 1.37 bits per heavy atom. The standard InChI is InChI=1S/C12H20N6O/c1-5-13-8(4)10(7(2)3)12-15-11(17-19-12)9-6-14-18-16-9/h6-8,10,13H,5H2,1-4H3,(H,14,16,18). The van der Waals surface area contributed by atoms with Gasteiger partial charge in [0.25, 0.3) is 0 Å². The molecule has 2 atom stereocenters. The van der Waals surface area contributed by atoms with Crippen molar-refractivity contribution in [2.45, 2.75) is 39.7 Å². The Kier molecular flexibility index (Phi) is 4.26. The Morgan fingerprint density at radius 2 is 2.16 bits per heavy atom. The number of aromatic nitrogens is 5. The highest BCUT2D eigenvalue weighted by Gasteiger charge is 2.28. The van der Waals surface area contributed by atoms with Crippen LogP contribution in [0.5, 0.6) is 0 Å². The van der Waals surface area contributed by atoms with Gasteiger partial charge in [-0.2, -0.15) is 20.4 Å². The van der Waals surface area contributed by atoms with Crippen LogP contribution in [-0.4, -0.2) is 38.1 Å². The minimum Gasteiger partial charge on any atom is -0.339 e. The number of H-pyrrole nitrogens is 1. The van der Waals surface area contributed by atoms with Gasteiger partial charge in [0.2, 0.25) is 11.7 Å². The lowest BCUT2D eigenvalue weighted by atomic mass is 9.89. The topological polar surface area (TPSA) is 92.5 Å². The van der Waals surface area contributed by atoms with Gasteiger partial charge in [-0.3, -0.25) is 0 Å². The summed E-state index contributed by atoms with van der Waals surface area (Å²) in [4.78, 5) is 4.44. The molecule has 0 bridgehead atoms. The van der Waals surface area contributed by atoms with Crippen LogP contribution in [0.1, 0.15) is 39.5 Å². The quantitative estimate of drug-likeness (QED) is 0.823. The fourth-order valence-corrected chi connectivity index (χ4v) is 2.31. The van der Waals surface area contributed by atoms with Gasteiger partial charge in [0.05, 0.1) is 12.1 Å². The van der Waals surface area contributed by atoms with Gasteiger partial charge in [0.15, 0.2) is 5.69 Å². The average Bonchev–Trinajstić information content (AvgIpc) is 2.98. The number of nitrogens with zero attached hydrogens (tertiary/aromatic N) is 4. The minimum absolute atomic E-state index is 0.174. The first-order chi connectivity index (χ1) is 9.13. The van der Waals surface area contributed by atoms with E-state index < -0.39 is 0 Å². The van der Waals surface area contributed by atoms with Crippen LogP contribution in [0.4, 0.5) is 0 Å². The van der Waals surface area contributed by atoms with Crippen molar-refractivity contribution < 1.29 is 4.52 Å². The van der Waals surface area contributed by atoms with Gasteiger partial charge >= 0.3 is 0 Å². The van der Waals surface area contributed by atoms with E-state index in [1.54, 1.807) is 6.20 Å². The van der Waals surface area contributed by atoms with Crippen LogP contribution in [0.2, 0.25) is 0 Å². The first-order valence-electron chi connectivity index (χ1n) is 6.56. The molecule has 2 aromatic rings. The maximum Gasteiger partial charge on any atom is 0.231 e. The lowest BCUT2D eigenvalue weighted by Gasteiger charge is -2.24.